The highest BCUT2D eigenvalue weighted by Crippen LogP contribution is 2.43. The highest BCUT2D eigenvalue weighted by atomic mass is 16.6. The summed E-state index contributed by atoms with van der Waals surface area (Å²) < 4.78 is 22.1. The molecule has 10 nitrogen and oxygen atoms in total. The molecule has 0 saturated carbocycles. The Morgan fingerprint density at radius 2 is 1.74 bits per heavy atom. The maximum Gasteiger partial charge on any atom is 0.342 e. The van der Waals surface area contributed by atoms with E-state index in [-0.39, 0.29) is 55.5 Å². The fraction of sp³-hybridized carbons (Fsp3) is 0.455. The van der Waals surface area contributed by atoms with Crippen molar-refractivity contribution in [3.8, 4) is 11.5 Å². The third kappa shape index (κ3) is 9.95. The lowest BCUT2D eigenvalue weighted by Crippen LogP contribution is -2.24. The van der Waals surface area contributed by atoms with Gasteiger partial charge in [0.05, 0.1) is 20.1 Å². The van der Waals surface area contributed by atoms with E-state index in [9.17, 15) is 19.2 Å². The number of methoxy groups -OCH3 is 1. The van der Waals surface area contributed by atoms with Crippen LogP contribution in [0.1, 0.15) is 71.6 Å². The van der Waals surface area contributed by atoms with Crippen LogP contribution in [-0.2, 0) is 43.4 Å². The van der Waals surface area contributed by atoms with Gasteiger partial charge in [0.2, 0.25) is 5.91 Å². The van der Waals surface area contributed by atoms with Gasteiger partial charge < -0.3 is 29.2 Å². The Morgan fingerprint density at radius 1 is 1.02 bits per heavy atom. The fourth-order valence-electron chi connectivity index (χ4n) is 4.70. The van der Waals surface area contributed by atoms with Gasteiger partial charge in [0.1, 0.15) is 17.9 Å². The first-order valence-corrected chi connectivity index (χ1v) is 14.5. The Bertz CT molecular complexity index is 1330. The molecular formula is C33H42N2O8. The molecule has 1 heterocycles. The van der Waals surface area contributed by atoms with Crippen molar-refractivity contribution in [1.82, 2.24) is 10.2 Å². The number of nitrogens with one attached hydrogen (secondary N) is 1. The Balaban J connectivity index is 1.69. The quantitative estimate of drug-likeness (QED) is 0.130. The third-order valence-corrected chi connectivity index (χ3v) is 7.12. The summed E-state index contributed by atoms with van der Waals surface area (Å²) in [5.74, 6) is -1.21. The lowest BCUT2D eigenvalue weighted by Gasteiger charge is -2.19. The van der Waals surface area contributed by atoms with Gasteiger partial charge in [-0.05, 0) is 58.3 Å². The SMILES string of the molecule is COc1c(C)c2c(c(OC(=O)CCC(=O)NCc3ccccc3)c1C/C=C(\C)CCC(=O)OCCCN(C)C)C(=O)OC2. The number of hydrogen-bond acceptors (Lipinski definition) is 9. The number of carbonyl (C=O) groups excluding carboxylic acids is 4. The molecule has 1 aliphatic rings. The highest BCUT2D eigenvalue weighted by Gasteiger charge is 2.34. The molecule has 43 heavy (non-hydrogen) atoms. The van der Waals surface area contributed by atoms with Gasteiger partial charge in [-0.3, -0.25) is 14.4 Å². The number of benzene rings is 2. The van der Waals surface area contributed by atoms with E-state index in [4.69, 9.17) is 18.9 Å². The molecule has 0 radical (unpaired) electrons. The van der Waals surface area contributed by atoms with Crippen molar-refractivity contribution in [2.24, 2.45) is 0 Å². The highest BCUT2D eigenvalue weighted by molar-refractivity contribution is 5.99. The van der Waals surface area contributed by atoms with E-state index in [2.05, 4.69) is 5.32 Å². The van der Waals surface area contributed by atoms with Gasteiger partial charge in [-0.1, -0.05) is 42.0 Å². The minimum atomic E-state index is -0.651. The largest absolute Gasteiger partial charge is 0.496 e. The first-order valence-electron chi connectivity index (χ1n) is 14.5. The van der Waals surface area contributed by atoms with Crippen LogP contribution in [0.15, 0.2) is 42.0 Å². The summed E-state index contributed by atoms with van der Waals surface area (Å²) in [5.41, 5.74) is 3.93. The second-order valence-corrected chi connectivity index (χ2v) is 10.8. The lowest BCUT2D eigenvalue weighted by atomic mass is 9.94. The van der Waals surface area contributed by atoms with Crippen LogP contribution in [0, 0.1) is 6.92 Å². The molecular weight excluding hydrogens is 552 g/mol. The Kier molecular flexibility index (Phi) is 12.8. The zero-order chi connectivity index (χ0) is 31.4. The van der Waals surface area contributed by atoms with Crippen LogP contribution in [-0.4, -0.2) is 63.1 Å². The molecule has 0 spiro atoms. The summed E-state index contributed by atoms with van der Waals surface area (Å²) in [6.07, 6.45) is 3.46. The number of amides is 1. The van der Waals surface area contributed by atoms with Gasteiger partial charge in [0.15, 0.2) is 5.75 Å². The first kappa shape index (κ1) is 33.3. The predicted molar refractivity (Wildman–Crippen MR) is 161 cm³/mol. The Hall–Kier alpha value is -4.18. The van der Waals surface area contributed by atoms with Crippen LogP contribution in [0.4, 0.5) is 0 Å². The van der Waals surface area contributed by atoms with Gasteiger partial charge in [-0.25, -0.2) is 4.79 Å². The van der Waals surface area contributed by atoms with Crippen LogP contribution < -0.4 is 14.8 Å². The number of rotatable bonds is 16. The van der Waals surface area contributed by atoms with Gasteiger partial charge in [-0.2, -0.15) is 0 Å². The zero-order valence-corrected chi connectivity index (χ0v) is 25.7. The average Bonchev–Trinajstić information content (AvgIpc) is 3.38. The maximum absolute atomic E-state index is 12.9. The van der Waals surface area contributed by atoms with Crippen molar-refractivity contribution >= 4 is 23.8 Å². The Labute approximate surface area is 253 Å². The van der Waals surface area contributed by atoms with E-state index in [1.165, 1.54) is 7.11 Å². The molecule has 10 heteroatoms. The molecule has 232 valence electrons. The topological polar surface area (TPSA) is 120 Å². The molecule has 1 amide bonds. The number of hydrogen-bond donors (Lipinski definition) is 1. The predicted octanol–water partition coefficient (Wildman–Crippen LogP) is 4.44. The van der Waals surface area contributed by atoms with Crippen LogP contribution >= 0.6 is 0 Å². The molecule has 0 fully saturated rings. The monoisotopic (exact) mass is 594 g/mol. The van der Waals surface area contributed by atoms with Crippen molar-refractivity contribution in [1.29, 1.82) is 0 Å². The molecule has 2 aromatic carbocycles. The number of cyclic esters (lactones) is 1. The fourth-order valence-corrected chi connectivity index (χ4v) is 4.70. The molecule has 1 aliphatic heterocycles. The van der Waals surface area contributed by atoms with Crippen molar-refractivity contribution in [3.63, 3.8) is 0 Å². The van der Waals surface area contributed by atoms with Gasteiger partial charge in [-0.15, -0.1) is 0 Å². The van der Waals surface area contributed by atoms with E-state index in [0.29, 0.717) is 36.4 Å². The third-order valence-electron chi connectivity index (χ3n) is 7.12. The summed E-state index contributed by atoms with van der Waals surface area (Å²) in [7, 11) is 5.45. The number of ether oxygens (including phenoxy) is 4. The smallest absolute Gasteiger partial charge is 0.342 e. The van der Waals surface area contributed by atoms with E-state index in [0.717, 1.165) is 29.7 Å². The number of allylic oxidation sites excluding steroid dienone is 2. The molecule has 0 unspecified atom stereocenters. The molecule has 0 saturated heterocycles. The minimum Gasteiger partial charge on any atom is -0.496 e. The summed E-state index contributed by atoms with van der Waals surface area (Å²) in [6, 6.07) is 9.46. The van der Waals surface area contributed by atoms with Gasteiger partial charge in [0.25, 0.3) is 0 Å². The minimum absolute atomic E-state index is 0.0502. The molecule has 0 aromatic heterocycles. The average molecular weight is 595 g/mol. The zero-order valence-electron chi connectivity index (χ0n) is 25.7. The second-order valence-electron chi connectivity index (χ2n) is 10.8. The van der Waals surface area contributed by atoms with Crippen molar-refractivity contribution < 1.29 is 38.1 Å². The van der Waals surface area contributed by atoms with Crippen LogP contribution in [0.3, 0.4) is 0 Å². The van der Waals surface area contributed by atoms with Gasteiger partial charge in [0, 0.05) is 37.1 Å². The molecule has 1 N–H and O–H groups in total. The number of esters is 3. The first-order chi connectivity index (χ1) is 20.6. The molecule has 0 atom stereocenters. The van der Waals surface area contributed by atoms with Crippen molar-refractivity contribution in [2.45, 2.75) is 65.5 Å². The Morgan fingerprint density at radius 3 is 2.44 bits per heavy atom. The standard InChI is InChI=1S/C33H42N2O8/c1-22(13-16-28(37)41-19-9-18-35(3)4)12-14-25-31(40-5)23(2)26-21-42-33(39)30(26)32(25)43-29(38)17-15-27(36)34-20-24-10-7-6-8-11-24/h6-8,10-12H,9,13-21H2,1-5H3,(H,34,36)/b22-12+. The normalized spacial score (nSPS) is 12.5. The molecule has 0 aliphatic carbocycles. The molecule has 2 aromatic rings. The maximum atomic E-state index is 12.9. The number of fused-ring (bicyclic) bond motifs is 1. The number of carbonyl (C=O) groups is 4. The van der Waals surface area contributed by atoms with Crippen LogP contribution in [0.2, 0.25) is 0 Å². The summed E-state index contributed by atoms with van der Waals surface area (Å²) >= 11 is 0. The van der Waals surface area contributed by atoms with E-state index >= 15 is 0 Å². The summed E-state index contributed by atoms with van der Waals surface area (Å²) in [6.45, 7) is 5.36. The number of nitrogens with zero attached hydrogens (tertiary/aromatic N) is 1. The lowest BCUT2D eigenvalue weighted by molar-refractivity contribution is -0.143. The van der Waals surface area contributed by atoms with E-state index < -0.39 is 11.9 Å². The summed E-state index contributed by atoms with van der Waals surface area (Å²) in [5, 5.41) is 2.79. The second kappa shape index (κ2) is 16.5. The van der Waals surface area contributed by atoms with E-state index in [1.54, 1.807) is 0 Å². The van der Waals surface area contributed by atoms with E-state index in [1.807, 2.05) is 69.3 Å². The van der Waals surface area contributed by atoms with Crippen LogP contribution in [0.25, 0.3) is 0 Å². The molecule has 3 rings (SSSR count). The van der Waals surface area contributed by atoms with Gasteiger partial charge >= 0.3 is 17.9 Å². The summed E-state index contributed by atoms with van der Waals surface area (Å²) in [4.78, 5) is 52.2. The van der Waals surface area contributed by atoms with Crippen molar-refractivity contribution in [2.75, 3.05) is 34.4 Å². The van der Waals surface area contributed by atoms with Crippen molar-refractivity contribution in [3.05, 3.63) is 69.8 Å². The van der Waals surface area contributed by atoms with Crippen LogP contribution in [0.5, 0.6) is 11.5 Å². The molecule has 0 bridgehead atoms.